The normalized spacial score (nSPS) is 18.8. The zero-order valence-electron chi connectivity index (χ0n) is 15.6. The van der Waals surface area contributed by atoms with E-state index in [-0.39, 0.29) is 18.4 Å². The number of hydrogen-bond donors (Lipinski definition) is 1. The summed E-state index contributed by atoms with van der Waals surface area (Å²) in [4.78, 5) is 40.3. The second-order valence-corrected chi connectivity index (χ2v) is 7.28. The van der Waals surface area contributed by atoms with Crippen molar-refractivity contribution in [2.24, 2.45) is 0 Å². The number of amides is 4. The average molecular weight is 377 g/mol. The molecule has 1 fully saturated rings. The lowest BCUT2D eigenvalue weighted by Crippen LogP contribution is -2.45. The largest absolute Gasteiger partial charge is 0.336 e. The minimum Gasteiger partial charge on any atom is -0.336 e. The van der Waals surface area contributed by atoms with Gasteiger partial charge in [0.25, 0.3) is 5.91 Å². The van der Waals surface area contributed by atoms with Gasteiger partial charge in [0.1, 0.15) is 12.6 Å². The van der Waals surface area contributed by atoms with E-state index < -0.39 is 12.1 Å². The van der Waals surface area contributed by atoms with Crippen LogP contribution in [0.2, 0.25) is 0 Å². The molecule has 0 aromatic heterocycles. The van der Waals surface area contributed by atoms with Crippen LogP contribution in [0, 0.1) is 0 Å². The Morgan fingerprint density at radius 1 is 1.00 bits per heavy atom. The van der Waals surface area contributed by atoms with Crippen molar-refractivity contribution in [2.75, 3.05) is 13.1 Å². The van der Waals surface area contributed by atoms with E-state index in [4.69, 9.17) is 0 Å². The summed E-state index contributed by atoms with van der Waals surface area (Å²) < 4.78 is 0. The SMILES string of the molecule is O=C(CN1C(=O)N[C@H](CCc2ccccc2)C1=O)N1CCc2ccccc2C1. The number of hydrogen-bond acceptors (Lipinski definition) is 3. The first-order valence-corrected chi connectivity index (χ1v) is 9.62. The molecule has 4 rings (SSSR count). The van der Waals surface area contributed by atoms with Crippen molar-refractivity contribution in [2.45, 2.75) is 31.8 Å². The molecular formula is C22H23N3O3. The smallest absolute Gasteiger partial charge is 0.325 e. The van der Waals surface area contributed by atoms with Crippen LogP contribution in [0.25, 0.3) is 0 Å². The van der Waals surface area contributed by atoms with Gasteiger partial charge in [0.15, 0.2) is 0 Å². The molecule has 2 aliphatic heterocycles. The average Bonchev–Trinajstić information content (AvgIpc) is 3.00. The number of nitrogens with zero attached hydrogens (tertiary/aromatic N) is 2. The van der Waals surface area contributed by atoms with E-state index in [1.165, 1.54) is 5.56 Å². The van der Waals surface area contributed by atoms with Gasteiger partial charge in [-0.3, -0.25) is 14.5 Å². The summed E-state index contributed by atoms with van der Waals surface area (Å²) in [6, 6.07) is 16.8. The molecule has 6 nitrogen and oxygen atoms in total. The molecule has 1 atom stereocenters. The number of urea groups is 1. The number of benzene rings is 2. The topological polar surface area (TPSA) is 69.7 Å². The van der Waals surface area contributed by atoms with Crippen LogP contribution in [0.3, 0.4) is 0 Å². The van der Waals surface area contributed by atoms with Crippen LogP contribution >= 0.6 is 0 Å². The first-order chi connectivity index (χ1) is 13.6. The Hall–Kier alpha value is -3.15. The number of carbonyl (C=O) groups excluding carboxylic acids is 3. The van der Waals surface area contributed by atoms with Gasteiger partial charge in [-0.15, -0.1) is 0 Å². The first kappa shape index (κ1) is 18.2. The summed E-state index contributed by atoms with van der Waals surface area (Å²) in [5.74, 6) is -0.506. The molecule has 0 radical (unpaired) electrons. The lowest BCUT2D eigenvalue weighted by atomic mass is 10.00. The minimum atomic E-state index is -0.567. The standard InChI is InChI=1S/C22H23N3O3/c26-20(24-13-12-17-8-4-5-9-18(17)14-24)15-25-21(27)19(23-22(25)28)11-10-16-6-2-1-3-7-16/h1-9,19H,10-15H2,(H,23,28)/t19-/m1/s1. The van der Waals surface area contributed by atoms with Crippen LogP contribution in [-0.2, 0) is 29.0 Å². The van der Waals surface area contributed by atoms with E-state index >= 15 is 0 Å². The van der Waals surface area contributed by atoms with Gasteiger partial charge in [0.2, 0.25) is 5.91 Å². The molecule has 2 aromatic rings. The molecule has 0 bridgehead atoms. The number of imide groups is 1. The molecule has 2 heterocycles. The van der Waals surface area contributed by atoms with Crippen molar-refractivity contribution in [3.8, 4) is 0 Å². The van der Waals surface area contributed by atoms with Gasteiger partial charge in [-0.05, 0) is 36.0 Å². The van der Waals surface area contributed by atoms with Crippen molar-refractivity contribution >= 4 is 17.8 Å². The highest BCUT2D eigenvalue weighted by Crippen LogP contribution is 2.19. The van der Waals surface area contributed by atoms with Crippen molar-refractivity contribution in [3.63, 3.8) is 0 Å². The number of aryl methyl sites for hydroxylation is 1. The van der Waals surface area contributed by atoms with Crippen molar-refractivity contribution in [1.82, 2.24) is 15.1 Å². The number of nitrogens with one attached hydrogen (secondary N) is 1. The third-order valence-electron chi connectivity index (χ3n) is 5.45. The fraction of sp³-hybridized carbons (Fsp3) is 0.318. The highest BCUT2D eigenvalue weighted by molar-refractivity contribution is 6.06. The molecule has 4 amide bonds. The molecule has 1 N–H and O–H groups in total. The predicted molar refractivity (Wildman–Crippen MR) is 104 cm³/mol. The molecule has 0 aliphatic carbocycles. The zero-order valence-corrected chi connectivity index (χ0v) is 15.6. The molecule has 6 heteroatoms. The molecule has 0 spiro atoms. The second kappa shape index (κ2) is 7.84. The van der Waals surface area contributed by atoms with Gasteiger partial charge in [0.05, 0.1) is 0 Å². The fourth-order valence-electron chi connectivity index (χ4n) is 3.82. The maximum absolute atomic E-state index is 12.7. The molecule has 144 valence electrons. The Balaban J connectivity index is 1.35. The third kappa shape index (κ3) is 3.76. The van der Waals surface area contributed by atoms with Crippen LogP contribution < -0.4 is 5.32 Å². The Morgan fingerprint density at radius 2 is 1.71 bits per heavy atom. The summed E-state index contributed by atoms with van der Waals surface area (Å²) in [7, 11) is 0. The van der Waals surface area contributed by atoms with Crippen LogP contribution in [-0.4, -0.2) is 46.8 Å². The summed E-state index contributed by atoms with van der Waals surface area (Å²) in [6.07, 6.45) is 2.01. The van der Waals surface area contributed by atoms with Crippen molar-refractivity contribution < 1.29 is 14.4 Å². The first-order valence-electron chi connectivity index (χ1n) is 9.62. The molecule has 28 heavy (non-hydrogen) atoms. The number of fused-ring (bicyclic) bond motifs is 1. The van der Waals surface area contributed by atoms with E-state index in [0.717, 1.165) is 22.4 Å². The fourth-order valence-corrected chi connectivity index (χ4v) is 3.82. The van der Waals surface area contributed by atoms with E-state index in [2.05, 4.69) is 11.4 Å². The lowest BCUT2D eigenvalue weighted by molar-refractivity contribution is -0.138. The Bertz CT molecular complexity index is 897. The van der Waals surface area contributed by atoms with E-state index in [9.17, 15) is 14.4 Å². The van der Waals surface area contributed by atoms with Gasteiger partial charge in [-0.2, -0.15) is 0 Å². The highest BCUT2D eigenvalue weighted by atomic mass is 16.2. The Labute approximate surface area is 164 Å². The van der Waals surface area contributed by atoms with Crippen molar-refractivity contribution in [1.29, 1.82) is 0 Å². The van der Waals surface area contributed by atoms with Crippen molar-refractivity contribution in [3.05, 3.63) is 71.3 Å². The summed E-state index contributed by atoms with van der Waals surface area (Å²) in [5.41, 5.74) is 3.49. The summed E-state index contributed by atoms with van der Waals surface area (Å²) in [6.45, 7) is 0.932. The van der Waals surface area contributed by atoms with Crippen LogP contribution in [0.1, 0.15) is 23.1 Å². The lowest BCUT2D eigenvalue weighted by Gasteiger charge is -2.29. The van der Waals surface area contributed by atoms with Crippen LogP contribution in [0.5, 0.6) is 0 Å². The van der Waals surface area contributed by atoms with Crippen LogP contribution in [0.4, 0.5) is 4.79 Å². The van der Waals surface area contributed by atoms with Gasteiger partial charge in [-0.1, -0.05) is 54.6 Å². The second-order valence-electron chi connectivity index (χ2n) is 7.28. The number of carbonyl (C=O) groups is 3. The molecule has 0 saturated carbocycles. The van der Waals surface area contributed by atoms with Gasteiger partial charge in [-0.25, -0.2) is 4.79 Å². The molecule has 1 saturated heterocycles. The number of rotatable bonds is 5. The van der Waals surface area contributed by atoms with E-state index in [0.29, 0.717) is 25.9 Å². The molecule has 2 aliphatic rings. The van der Waals surface area contributed by atoms with E-state index in [1.807, 2.05) is 48.5 Å². The third-order valence-corrected chi connectivity index (χ3v) is 5.45. The van der Waals surface area contributed by atoms with Gasteiger partial charge >= 0.3 is 6.03 Å². The maximum atomic E-state index is 12.7. The Morgan fingerprint density at radius 3 is 2.50 bits per heavy atom. The van der Waals surface area contributed by atoms with Crippen LogP contribution in [0.15, 0.2) is 54.6 Å². The molecule has 0 unspecified atom stereocenters. The Kier molecular flexibility index (Phi) is 5.10. The highest BCUT2D eigenvalue weighted by Gasteiger charge is 2.39. The zero-order chi connectivity index (χ0) is 19.5. The van der Waals surface area contributed by atoms with Gasteiger partial charge in [0, 0.05) is 13.1 Å². The van der Waals surface area contributed by atoms with E-state index in [1.54, 1.807) is 4.90 Å². The molecule has 2 aromatic carbocycles. The minimum absolute atomic E-state index is 0.193. The quantitative estimate of drug-likeness (QED) is 0.812. The monoisotopic (exact) mass is 377 g/mol. The summed E-state index contributed by atoms with van der Waals surface area (Å²) >= 11 is 0. The summed E-state index contributed by atoms with van der Waals surface area (Å²) in [5, 5.41) is 2.71. The maximum Gasteiger partial charge on any atom is 0.325 e. The molecular weight excluding hydrogens is 354 g/mol. The predicted octanol–water partition coefficient (Wildman–Crippen LogP) is 2.12. The van der Waals surface area contributed by atoms with Gasteiger partial charge < -0.3 is 10.2 Å².